The number of aromatic carboxylic acids is 1. The standard InChI is InChI=1S/C15H12BrNO3S/c16-13-7-6-10(8-12(13)15(19)20)17-14(18)9-21-11-4-2-1-3-5-11/h1-8H,9H2,(H,17,18)(H,19,20). The summed E-state index contributed by atoms with van der Waals surface area (Å²) in [5, 5.41) is 11.7. The summed E-state index contributed by atoms with van der Waals surface area (Å²) in [7, 11) is 0. The van der Waals surface area contributed by atoms with Crippen LogP contribution in [0.15, 0.2) is 57.9 Å². The van der Waals surface area contributed by atoms with E-state index < -0.39 is 5.97 Å². The second-order valence-electron chi connectivity index (χ2n) is 4.15. The van der Waals surface area contributed by atoms with Crippen LogP contribution in [0, 0.1) is 0 Å². The van der Waals surface area contributed by atoms with E-state index in [2.05, 4.69) is 21.2 Å². The van der Waals surface area contributed by atoms with Gasteiger partial charge in [0.15, 0.2) is 0 Å². The van der Waals surface area contributed by atoms with E-state index in [0.29, 0.717) is 10.2 Å². The van der Waals surface area contributed by atoms with E-state index in [1.165, 1.54) is 17.8 Å². The van der Waals surface area contributed by atoms with Crippen LogP contribution in [-0.4, -0.2) is 22.7 Å². The average Bonchev–Trinajstić information content (AvgIpc) is 2.48. The molecule has 0 radical (unpaired) electrons. The molecule has 2 N–H and O–H groups in total. The summed E-state index contributed by atoms with van der Waals surface area (Å²) in [6.07, 6.45) is 0. The second-order valence-corrected chi connectivity index (χ2v) is 6.05. The Morgan fingerprint density at radius 1 is 1.14 bits per heavy atom. The van der Waals surface area contributed by atoms with Crippen LogP contribution >= 0.6 is 27.7 Å². The number of halogens is 1. The third-order valence-electron chi connectivity index (χ3n) is 2.59. The van der Waals surface area contributed by atoms with Gasteiger partial charge in [0.2, 0.25) is 5.91 Å². The zero-order valence-corrected chi connectivity index (χ0v) is 13.3. The molecule has 0 aliphatic rings. The number of hydrogen-bond acceptors (Lipinski definition) is 3. The number of hydrogen-bond donors (Lipinski definition) is 2. The van der Waals surface area contributed by atoms with E-state index >= 15 is 0 Å². The Hall–Kier alpha value is -1.79. The van der Waals surface area contributed by atoms with Crippen molar-refractivity contribution in [1.29, 1.82) is 0 Å². The van der Waals surface area contributed by atoms with Gasteiger partial charge >= 0.3 is 5.97 Å². The molecule has 108 valence electrons. The van der Waals surface area contributed by atoms with Gasteiger partial charge in [0.1, 0.15) is 0 Å². The number of rotatable bonds is 5. The molecule has 0 fully saturated rings. The number of nitrogens with one attached hydrogen (secondary N) is 1. The highest BCUT2D eigenvalue weighted by atomic mass is 79.9. The fraction of sp³-hybridized carbons (Fsp3) is 0.0667. The molecule has 2 aromatic carbocycles. The number of carboxylic acid groups (broad SMARTS) is 1. The minimum Gasteiger partial charge on any atom is -0.478 e. The Morgan fingerprint density at radius 2 is 1.86 bits per heavy atom. The largest absolute Gasteiger partial charge is 0.478 e. The summed E-state index contributed by atoms with van der Waals surface area (Å²) in [4.78, 5) is 23.9. The molecule has 4 nitrogen and oxygen atoms in total. The van der Waals surface area contributed by atoms with Gasteiger partial charge in [-0.05, 0) is 46.3 Å². The maximum Gasteiger partial charge on any atom is 0.336 e. The highest BCUT2D eigenvalue weighted by Crippen LogP contribution is 2.22. The maximum atomic E-state index is 11.9. The number of thioether (sulfide) groups is 1. The Bertz CT molecular complexity index is 661. The minimum absolute atomic E-state index is 0.114. The summed E-state index contributed by atoms with van der Waals surface area (Å²) < 4.78 is 0.478. The number of anilines is 1. The lowest BCUT2D eigenvalue weighted by atomic mass is 10.2. The van der Waals surface area contributed by atoms with E-state index in [9.17, 15) is 9.59 Å². The quantitative estimate of drug-likeness (QED) is 0.789. The molecule has 0 aromatic heterocycles. The van der Waals surface area contributed by atoms with E-state index in [0.717, 1.165) is 4.90 Å². The second kappa shape index (κ2) is 7.28. The van der Waals surface area contributed by atoms with Crippen LogP contribution in [-0.2, 0) is 4.79 Å². The molecule has 0 unspecified atom stereocenters. The van der Waals surface area contributed by atoms with E-state index in [-0.39, 0.29) is 17.2 Å². The summed E-state index contributed by atoms with van der Waals surface area (Å²) in [6.45, 7) is 0. The summed E-state index contributed by atoms with van der Waals surface area (Å²) in [6, 6.07) is 14.3. The molecule has 0 atom stereocenters. The monoisotopic (exact) mass is 365 g/mol. The Labute approximate surface area is 134 Å². The molecule has 0 aliphatic carbocycles. The third kappa shape index (κ3) is 4.61. The zero-order valence-electron chi connectivity index (χ0n) is 10.9. The van der Waals surface area contributed by atoms with Crippen molar-refractivity contribution in [3.63, 3.8) is 0 Å². The maximum absolute atomic E-state index is 11.9. The Morgan fingerprint density at radius 3 is 2.52 bits per heavy atom. The van der Waals surface area contributed by atoms with Crippen molar-refractivity contribution in [3.05, 3.63) is 58.6 Å². The van der Waals surface area contributed by atoms with Crippen molar-refractivity contribution < 1.29 is 14.7 Å². The van der Waals surface area contributed by atoms with Crippen molar-refractivity contribution in [2.45, 2.75) is 4.90 Å². The lowest BCUT2D eigenvalue weighted by Gasteiger charge is -2.07. The first kappa shape index (κ1) is 15.6. The number of carboxylic acids is 1. The van der Waals surface area contributed by atoms with E-state index in [1.807, 2.05) is 30.3 Å². The summed E-state index contributed by atoms with van der Waals surface area (Å²) in [5.41, 5.74) is 0.581. The van der Waals surface area contributed by atoms with Crippen LogP contribution in [0.1, 0.15) is 10.4 Å². The van der Waals surface area contributed by atoms with Crippen molar-refractivity contribution in [2.75, 3.05) is 11.1 Å². The smallest absolute Gasteiger partial charge is 0.336 e. The van der Waals surface area contributed by atoms with Crippen LogP contribution in [0.2, 0.25) is 0 Å². The van der Waals surface area contributed by atoms with Crippen molar-refractivity contribution in [1.82, 2.24) is 0 Å². The zero-order chi connectivity index (χ0) is 15.2. The van der Waals surface area contributed by atoms with Crippen molar-refractivity contribution >= 4 is 45.3 Å². The fourth-order valence-electron chi connectivity index (χ4n) is 1.63. The van der Waals surface area contributed by atoms with Gasteiger partial charge in [-0.1, -0.05) is 18.2 Å². The van der Waals surface area contributed by atoms with Gasteiger partial charge in [-0.2, -0.15) is 0 Å². The van der Waals surface area contributed by atoms with Crippen LogP contribution in [0.25, 0.3) is 0 Å². The number of carbonyl (C=O) groups excluding carboxylic acids is 1. The third-order valence-corrected chi connectivity index (χ3v) is 4.30. The molecule has 2 rings (SSSR count). The molecule has 0 spiro atoms. The molecular formula is C15H12BrNO3S. The Kier molecular flexibility index (Phi) is 5.41. The van der Waals surface area contributed by atoms with Crippen LogP contribution in [0.5, 0.6) is 0 Å². The molecule has 0 heterocycles. The molecular weight excluding hydrogens is 354 g/mol. The molecule has 0 bridgehead atoms. The number of benzene rings is 2. The van der Waals surface area contributed by atoms with Gasteiger partial charge in [-0.15, -0.1) is 11.8 Å². The minimum atomic E-state index is -1.04. The molecule has 1 amide bonds. The summed E-state index contributed by atoms with van der Waals surface area (Å²) >= 11 is 4.58. The lowest BCUT2D eigenvalue weighted by molar-refractivity contribution is -0.113. The van der Waals surface area contributed by atoms with E-state index in [1.54, 1.807) is 12.1 Å². The van der Waals surface area contributed by atoms with Crippen LogP contribution < -0.4 is 5.32 Å². The molecule has 0 saturated heterocycles. The highest BCUT2D eigenvalue weighted by molar-refractivity contribution is 9.10. The van der Waals surface area contributed by atoms with Gasteiger partial charge in [0.05, 0.1) is 11.3 Å². The fourth-order valence-corrected chi connectivity index (χ4v) is 2.77. The first-order chi connectivity index (χ1) is 10.1. The van der Waals surface area contributed by atoms with E-state index in [4.69, 9.17) is 5.11 Å². The number of carbonyl (C=O) groups is 2. The van der Waals surface area contributed by atoms with Gasteiger partial charge in [-0.25, -0.2) is 4.79 Å². The molecule has 6 heteroatoms. The van der Waals surface area contributed by atoms with Crippen LogP contribution in [0.4, 0.5) is 5.69 Å². The molecule has 0 saturated carbocycles. The number of amides is 1. The predicted octanol–water partition coefficient (Wildman–Crippen LogP) is 3.88. The predicted molar refractivity (Wildman–Crippen MR) is 86.9 cm³/mol. The van der Waals surface area contributed by atoms with Gasteiger partial charge in [-0.3, -0.25) is 4.79 Å². The Balaban J connectivity index is 1.97. The average molecular weight is 366 g/mol. The first-order valence-electron chi connectivity index (χ1n) is 6.07. The normalized spacial score (nSPS) is 10.1. The first-order valence-corrected chi connectivity index (χ1v) is 7.84. The highest BCUT2D eigenvalue weighted by Gasteiger charge is 2.10. The van der Waals surface area contributed by atoms with Crippen LogP contribution in [0.3, 0.4) is 0 Å². The van der Waals surface area contributed by atoms with Gasteiger partial charge in [0, 0.05) is 15.1 Å². The summed E-state index contributed by atoms with van der Waals surface area (Å²) in [5.74, 6) is -0.957. The van der Waals surface area contributed by atoms with Gasteiger partial charge in [0.25, 0.3) is 0 Å². The van der Waals surface area contributed by atoms with Gasteiger partial charge < -0.3 is 10.4 Å². The van der Waals surface area contributed by atoms with Crippen molar-refractivity contribution in [2.24, 2.45) is 0 Å². The molecule has 2 aromatic rings. The SMILES string of the molecule is O=C(CSc1ccccc1)Nc1ccc(Br)c(C(=O)O)c1. The lowest BCUT2D eigenvalue weighted by Crippen LogP contribution is -2.14. The van der Waals surface area contributed by atoms with Crippen molar-refractivity contribution in [3.8, 4) is 0 Å². The molecule has 21 heavy (non-hydrogen) atoms. The molecule has 0 aliphatic heterocycles. The topological polar surface area (TPSA) is 66.4 Å².